The number of unbranched alkanes of at least 4 members (excludes halogenated alkanes) is 3. The predicted molar refractivity (Wildman–Crippen MR) is 64.8 cm³/mol. The van der Waals surface area contributed by atoms with E-state index < -0.39 is 6.10 Å². The summed E-state index contributed by atoms with van der Waals surface area (Å²) < 4.78 is 0. The minimum Gasteiger partial charge on any atom is -0.393 e. The standard InChI is InChI=1S/C13H28O2/c1-5-6-7-8-9-11(14)10-12(15)13(2,3)4/h11-12,14-15H,5-10H2,1-4H3. The lowest BCUT2D eigenvalue weighted by Crippen LogP contribution is -2.30. The number of hydrogen-bond donors (Lipinski definition) is 2. The van der Waals surface area contributed by atoms with Crippen molar-refractivity contribution in [1.29, 1.82) is 0 Å². The summed E-state index contributed by atoms with van der Waals surface area (Å²) in [6.45, 7) is 8.18. The molecule has 0 aromatic rings. The fourth-order valence-electron chi connectivity index (χ4n) is 1.54. The van der Waals surface area contributed by atoms with Crippen LogP contribution < -0.4 is 0 Å². The molecule has 2 atom stereocenters. The van der Waals surface area contributed by atoms with Crippen molar-refractivity contribution >= 4 is 0 Å². The topological polar surface area (TPSA) is 40.5 Å². The molecule has 15 heavy (non-hydrogen) atoms. The minimum absolute atomic E-state index is 0.121. The first-order chi connectivity index (χ1) is 6.88. The van der Waals surface area contributed by atoms with Crippen LogP contribution in [0.3, 0.4) is 0 Å². The van der Waals surface area contributed by atoms with E-state index in [9.17, 15) is 10.2 Å². The Morgan fingerprint density at radius 3 is 2.07 bits per heavy atom. The first-order valence-electron chi connectivity index (χ1n) is 6.24. The molecule has 0 aromatic carbocycles. The van der Waals surface area contributed by atoms with Gasteiger partial charge in [0.1, 0.15) is 0 Å². The average Bonchev–Trinajstić information content (AvgIpc) is 2.11. The maximum Gasteiger partial charge on any atom is 0.0613 e. The molecular weight excluding hydrogens is 188 g/mol. The maximum absolute atomic E-state index is 9.80. The van der Waals surface area contributed by atoms with Crippen molar-refractivity contribution in [1.82, 2.24) is 0 Å². The summed E-state index contributed by atoms with van der Waals surface area (Å²) in [6, 6.07) is 0. The number of rotatable bonds is 7. The SMILES string of the molecule is CCCCCCC(O)CC(O)C(C)(C)C. The third kappa shape index (κ3) is 7.80. The zero-order valence-electron chi connectivity index (χ0n) is 10.8. The maximum atomic E-state index is 9.80. The van der Waals surface area contributed by atoms with Gasteiger partial charge in [0.2, 0.25) is 0 Å². The van der Waals surface area contributed by atoms with Gasteiger partial charge in [0.25, 0.3) is 0 Å². The molecule has 0 spiro atoms. The molecule has 2 N–H and O–H groups in total. The van der Waals surface area contributed by atoms with E-state index in [-0.39, 0.29) is 11.5 Å². The van der Waals surface area contributed by atoms with E-state index in [2.05, 4.69) is 6.92 Å². The third-order valence-electron chi connectivity index (χ3n) is 2.89. The monoisotopic (exact) mass is 216 g/mol. The summed E-state index contributed by atoms with van der Waals surface area (Å²) in [5, 5.41) is 19.5. The van der Waals surface area contributed by atoms with Crippen molar-refractivity contribution in [3.05, 3.63) is 0 Å². The highest BCUT2D eigenvalue weighted by atomic mass is 16.3. The van der Waals surface area contributed by atoms with Crippen molar-refractivity contribution in [2.24, 2.45) is 5.41 Å². The zero-order chi connectivity index (χ0) is 11.9. The van der Waals surface area contributed by atoms with Gasteiger partial charge in [-0.15, -0.1) is 0 Å². The molecule has 92 valence electrons. The first-order valence-corrected chi connectivity index (χ1v) is 6.24. The van der Waals surface area contributed by atoms with Crippen molar-refractivity contribution in [3.63, 3.8) is 0 Å². The Bertz CT molecular complexity index is 149. The fraction of sp³-hybridized carbons (Fsp3) is 1.00. The molecule has 0 aliphatic carbocycles. The average molecular weight is 216 g/mol. The Balaban J connectivity index is 3.60. The summed E-state index contributed by atoms with van der Waals surface area (Å²) in [6.07, 6.45) is 5.33. The highest BCUT2D eigenvalue weighted by molar-refractivity contribution is 4.75. The molecule has 0 saturated heterocycles. The van der Waals surface area contributed by atoms with Gasteiger partial charge in [-0.05, 0) is 18.3 Å². The molecule has 0 aliphatic heterocycles. The Kier molecular flexibility index (Phi) is 7.20. The van der Waals surface area contributed by atoms with Gasteiger partial charge < -0.3 is 10.2 Å². The van der Waals surface area contributed by atoms with Gasteiger partial charge in [-0.2, -0.15) is 0 Å². The van der Waals surface area contributed by atoms with Crippen LogP contribution in [0.5, 0.6) is 0 Å². The molecule has 2 nitrogen and oxygen atoms in total. The highest BCUT2D eigenvalue weighted by Gasteiger charge is 2.24. The molecule has 0 amide bonds. The van der Waals surface area contributed by atoms with E-state index in [1.807, 2.05) is 20.8 Å². The van der Waals surface area contributed by atoms with E-state index in [0.717, 1.165) is 12.8 Å². The molecule has 0 rings (SSSR count). The molecule has 0 saturated carbocycles. The van der Waals surface area contributed by atoms with Crippen molar-refractivity contribution in [2.75, 3.05) is 0 Å². The van der Waals surface area contributed by atoms with Crippen LogP contribution in [0.15, 0.2) is 0 Å². The quantitative estimate of drug-likeness (QED) is 0.642. The second-order valence-electron chi connectivity index (χ2n) is 5.62. The van der Waals surface area contributed by atoms with Crippen LogP contribution >= 0.6 is 0 Å². The summed E-state index contributed by atoms with van der Waals surface area (Å²) in [7, 11) is 0. The highest BCUT2D eigenvalue weighted by Crippen LogP contribution is 2.23. The van der Waals surface area contributed by atoms with Crippen molar-refractivity contribution < 1.29 is 10.2 Å². The Morgan fingerprint density at radius 1 is 1.00 bits per heavy atom. The largest absolute Gasteiger partial charge is 0.393 e. The first kappa shape index (κ1) is 14.9. The van der Waals surface area contributed by atoms with E-state index in [1.54, 1.807) is 0 Å². The summed E-state index contributed by atoms with van der Waals surface area (Å²) in [4.78, 5) is 0. The van der Waals surface area contributed by atoms with Crippen molar-refractivity contribution in [2.45, 2.75) is 78.4 Å². The smallest absolute Gasteiger partial charge is 0.0613 e. The molecule has 0 fully saturated rings. The van der Waals surface area contributed by atoms with E-state index in [4.69, 9.17) is 0 Å². The van der Waals surface area contributed by atoms with Crippen molar-refractivity contribution in [3.8, 4) is 0 Å². The van der Waals surface area contributed by atoms with E-state index >= 15 is 0 Å². The molecule has 2 heteroatoms. The van der Waals surface area contributed by atoms with Gasteiger partial charge in [-0.25, -0.2) is 0 Å². The lowest BCUT2D eigenvalue weighted by Gasteiger charge is -2.27. The number of hydrogen-bond acceptors (Lipinski definition) is 2. The molecule has 0 heterocycles. The predicted octanol–water partition coefficient (Wildman–Crippen LogP) is 3.11. The van der Waals surface area contributed by atoms with Crippen LogP contribution in [0, 0.1) is 5.41 Å². The molecule has 0 aliphatic rings. The second-order valence-corrected chi connectivity index (χ2v) is 5.62. The van der Waals surface area contributed by atoms with Crippen LogP contribution in [0.4, 0.5) is 0 Å². The number of aliphatic hydroxyl groups is 2. The zero-order valence-corrected chi connectivity index (χ0v) is 10.8. The molecule has 2 unspecified atom stereocenters. The van der Waals surface area contributed by atoms with Gasteiger partial charge in [0.05, 0.1) is 12.2 Å². The number of aliphatic hydroxyl groups excluding tert-OH is 2. The Labute approximate surface area is 94.7 Å². The van der Waals surface area contributed by atoms with Gasteiger partial charge in [-0.1, -0.05) is 53.4 Å². The minimum atomic E-state index is -0.404. The van der Waals surface area contributed by atoms with Crippen LogP contribution in [-0.4, -0.2) is 22.4 Å². The summed E-state index contributed by atoms with van der Waals surface area (Å²) in [5.74, 6) is 0. The lowest BCUT2D eigenvalue weighted by molar-refractivity contribution is 0.0107. The molecular formula is C13H28O2. The van der Waals surface area contributed by atoms with E-state index in [1.165, 1.54) is 19.3 Å². The second kappa shape index (κ2) is 7.24. The van der Waals surface area contributed by atoms with Crippen LogP contribution in [0.25, 0.3) is 0 Å². The van der Waals surface area contributed by atoms with E-state index in [0.29, 0.717) is 6.42 Å². The molecule has 0 radical (unpaired) electrons. The molecule has 0 bridgehead atoms. The van der Waals surface area contributed by atoms with Crippen LogP contribution in [-0.2, 0) is 0 Å². The van der Waals surface area contributed by atoms with Gasteiger partial charge in [0.15, 0.2) is 0 Å². The normalized spacial score (nSPS) is 16.4. The van der Waals surface area contributed by atoms with Gasteiger partial charge >= 0.3 is 0 Å². The fourth-order valence-corrected chi connectivity index (χ4v) is 1.54. The van der Waals surface area contributed by atoms with Gasteiger partial charge in [-0.3, -0.25) is 0 Å². The third-order valence-corrected chi connectivity index (χ3v) is 2.89. The van der Waals surface area contributed by atoms with Crippen LogP contribution in [0.2, 0.25) is 0 Å². The van der Waals surface area contributed by atoms with Crippen LogP contribution in [0.1, 0.15) is 66.2 Å². The summed E-state index contributed by atoms with van der Waals surface area (Å²) in [5.41, 5.74) is -0.121. The Hall–Kier alpha value is -0.0800. The molecule has 0 aromatic heterocycles. The lowest BCUT2D eigenvalue weighted by atomic mass is 9.85. The van der Waals surface area contributed by atoms with Gasteiger partial charge in [0, 0.05) is 0 Å². The Morgan fingerprint density at radius 2 is 1.60 bits per heavy atom. The summed E-state index contributed by atoms with van der Waals surface area (Å²) >= 11 is 0.